The van der Waals surface area contributed by atoms with E-state index in [1.54, 1.807) is 38.4 Å². The van der Waals surface area contributed by atoms with Crippen molar-refractivity contribution in [2.24, 2.45) is 0 Å². The van der Waals surface area contributed by atoms with Gasteiger partial charge in [0.2, 0.25) is 0 Å². The summed E-state index contributed by atoms with van der Waals surface area (Å²) in [6.07, 6.45) is 2.76. The van der Waals surface area contributed by atoms with Crippen molar-refractivity contribution in [1.29, 1.82) is 0 Å². The molecule has 2 aromatic rings. The number of carbonyl (C=O) groups is 2. The number of nitrogens with zero attached hydrogens (tertiary/aromatic N) is 3. The van der Waals surface area contributed by atoms with Gasteiger partial charge in [-0.2, -0.15) is 0 Å². The number of hydrogen-bond donors (Lipinski definition) is 2. The van der Waals surface area contributed by atoms with E-state index in [4.69, 9.17) is 11.6 Å². The van der Waals surface area contributed by atoms with E-state index in [9.17, 15) is 9.59 Å². The topological polar surface area (TPSA) is 87.2 Å². The van der Waals surface area contributed by atoms with Crippen molar-refractivity contribution in [1.82, 2.24) is 20.2 Å². The van der Waals surface area contributed by atoms with Gasteiger partial charge in [-0.1, -0.05) is 11.6 Å². The van der Waals surface area contributed by atoms with Crippen LogP contribution in [0.4, 0.5) is 5.69 Å². The second-order valence-electron chi connectivity index (χ2n) is 5.04. The van der Waals surface area contributed by atoms with E-state index in [0.29, 0.717) is 23.8 Å². The van der Waals surface area contributed by atoms with Crippen LogP contribution in [0.25, 0.3) is 0 Å². The fourth-order valence-corrected chi connectivity index (χ4v) is 2.07. The molecule has 0 radical (unpaired) electrons. The summed E-state index contributed by atoms with van der Waals surface area (Å²) in [6.45, 7) is 1.12. The number of hydrogen-bond acceptors (Lipinski definition) is 5. The summed E-state index contributed by atoms with van der Waals surface area (Å²) >= 11 is 5.82. The van der Waals surface area contributed by atoms with Gasteiger partial charge in [0.05, 0.1) is 0 Å². The average Bonchev–Trinajstić information content (AvgIpc) is 2.61. The second-order valence-corrected chi connectivity index (χ2v) is 5.48. The van der Waals surface area contributed by atoms with E-state index < -0.39 is 5.91 Å². The zero-order valence-electron chi connectivity index (χ0n) is 13.4. The zero-order chi connectivity index (χ0) is 17.5. The highest BCUT2D eigenvalue weighted by Crippen LogP contribution is 2.15. The highest BCUT2D eigenvalue weighted by atomic mass is 35.5. The summed E-state index contributed by atoms with van der Waals surface area (Å²) < 4.78 is 0. The summed E-state index contributed by atoms with van der Waals surface area (Å²) in [4.78, 5) is 34.4. The predicted molar refractivity (Wildman–Crippen MR) is 92.3 cm³/mol. The number of benzene rings is 1. The second kappa shape index (κ2) is 8.37. The molecule has 1 aromatic heterocycles. The fraction of sp³-hybridized carbons (Fsp3) is 0.250. The molecular weight excluding hydrogens is 330 g/mol. The summed E-state index contributed by atoms with van der Waals surface area (Å²) in [7, 11) is 3.45. The Labute approximate surface area is 145 Å². The fourth-order valence-electron chi connectivity index (χ4n) is 1.95. The Morgan fingerprint density at radius 3 is 2.38 bits per heavy atom. The number of likely N-dealkylation sites (N-methyl/N-ethyl adjacent to an activating group) is 2. The quantitative estimate of drug-likeness (QED) is 0.830. The molecule has 1 heterocycles. The Hall–Kier alpha value is -2.51. The Bertz CT molecular complexity index is 721. The van der Waals surface area contributed by atoms with Crippen molar-refractivity contribution in [2.75, 3.05) is 32.5 Å². The molecule has 7 nitrogen and oxygen atoms in total. The molecule has 1 aromatic carbocycles. The maximum Gasteiger partial charge on any atom is 0.276 e. The van der Waals surface area contributed by atoms with Crippen molar-refractivity contribution < 1.29 is 9.59 Å². The minimum Gasteiger partial charge on any atom is -0.339 e. The lowest BCUT2D eigenvalue weighted by Crippen LogP contribution is -2.35. The molecule has 0 unspecified atom stereocenters. The van der Waals surface area contributed by atoms with Crippen LogP contribution in [-0.2, 0) is 0 Å². The normalized spacial score (nSPS) is 10.3. The van der Waals surface area contributed by atoms with Crippen LogP contribution in [0.5, 0.6) is 0 Å². The highest BCUT2D eigenvalue weighted by molar-refractivity contribution is 6.30. The third kappa shape index (κ3) is 4.50. The molecular formula is C16H18ClN5O2. The molecule has 0 aliphatic carbocycles. The average molecular weight is 348 g/mol. The molecule has 2 amide bonds. The van der Waals surface area contributed by atoms with Crippen LogP contribution in [0, 0.1) is 0 Å². The van der Waals surface area contributed by atoms with Crippen molar-refractivity contribution in [3.05, 3.63) is 53.1 Å². The lowest BCUT2D eigenvalue weighted by Gasteiger charge is -2.17. The summed E-state index contributed by atoms with van der Waals surface area (Å²) in [5.41, 5.74) is 0.549. The van der Waals surface area contributed by atoms with Gasteiger partial charge in [0.25, 0.3) is 11.8 Å². The van der Waals surface area contributed by atoms with Crippen molar-refractivity contribution in [3.8, 4) is 0 Å². The van der Waals surface area contributed by atoms with Gasteiger partial charge in [0, 0.05) is 43.2 Å². The first-order valence-electron chi connectivity index (χ1n) is 7.31. The molecule has 24 heavy (non-hydrogen) atoms. The van der Waals surface area contributed by atoms with Gasteiger partial charge in [-0.05, 0) is 31.3 Å². The molecule has 2 N–H and O–H groups in total. The summed E-state index contributed by atoms with van der Waals surface area (Å²) in [5.74, 6) is -0.865. The molecule has 8 heteroatoms. The van der Waals surface area contributed by atoms with E-state index in [2.05, 4.69) is 20.6 Å². The Morgan fingerprint density at radius 1 is 1.12 bits per heavy atom. The smallest absolute Gasteiger partial charge is 0.276 e. The van der Waals surface area contributed by atoms with E-state index in [1.807, 2.05) is 0 Å². The van der Waals surface area contributed by atoms with Gasteiger partial charge in [-0.15, -0.1) is 0 Å². The lowest BCUT2D eigenvalue weighted by molar-refractivity contribution is 0.0784. The number of carbonyl (C=O) groups excluding carboxylic acids is 2. The monoisotopic (exact) mass is 347 g/mol. The summed E-state index contributed by atoms with van der Waals surface area (Å²) in [6, 6.07) is 6.64. The first-order chi connectivity index (χ1) is 11.5. The third-order valence-corrected chi connectivity index (χ3v) is 3.51. The number of rotatable bonds is 6. The third-order valence-electron chi connectivity index (χ3n) is 3.26. The number of anilines is 1. The van der Waals surface area contributed by atoms with Gasteiger partial charge in [-0.3, -0.25) is 9.59 Å². The SMILES string of the molecule is CNCCN(C)C(=O)c1nccnc1C(=O)Nc1ccc(Cl)cc1. The number of aromatic nitrogens is 2. The Balaban J connectivity index is 2.19. The van der Waals surface area contributed by atoms with Gasteiger partial charge in [0.1, 0.15) is 0 Å². The number of halogens is 1. The van der Waals surface area contributed by atoms with Crippen LogP contribution in [0.3, 0.4) is 0 Å². The van der Waals surface area contributed by atoms with Crippen molar-refractivity contribution in [2.45, 2.75) is 0 Å². The molecule has 0 saturated carbocycles. The van der Waals surface area contributed by atoms with E-state index >= 15 is 0 Å². The van der Waals surface area contributed by atoms with Gasteiger partial charge in [-0.25, -0.2) is 9.97 Å². The predicted octanol–water partition coefficient (Wildman–Crippen LogP) is 1.67. The Kier molecular flexibility index (Phi) is 6.22. The molecule has 0 bridgehead atoms. The molecule has 0 saturated heterocycles. The molecule has 0 spiro atoms. The molecule has 126 valence electrons. The summed E-state index contributed by atoms with van der Waals surface area (Å²) in [5, 5.41) is 6.20. The van der Waals surface area contributed by atoms with E-state index in [0.717, 1.165) is 0 Å². The van der Waals surface area contributed by atoms with E-state index in [-0.39, 0.29) is 17.3 Å². The molecule has 0 aliphatic heterocycles. The van der Waals surface area contributed by atoms with Crippen LogP contribution in [0.2, 0.25) is 5.02 Å². The molecule has 0 aliphatic rings. The maximum absolute atomic E-state index is 12.5. The van der Waals surface area contributed by atoms with Crippen LogP contribution in [0.1, 0.15) is 21.0 Å². The highest BCUT2D eigenvalue weighted by Gasteiger charge is 2.22. The zero-order valence-corrected chi connectivity index (χ0v) is 14.2. The van der Waals surface area contributed by atoms with Crippen LogP contribution >= 0.6 is 11.6 Å². The van der Waals surface area contributed by atoms with Gasteiger partial charge >= 0.3 is 0 Å². The van der Waals surface area contributed by atoms with E-state index in [1.165, 1.54) is 17.3 Å². The Morgan fingerprint density at radius 2 is 1.75 bits per heavy atom. The minimum absolute atomic E-state index is 0.0163. The van der Waals surface area contributed by atoms with Crippen LogP contribution in [-0.4, -0.2) is 53.9 Å². The maximum atomic E-state index is 12.5. The van der Waals surface area contributed by atoms with Crippen molar-refractivity contribution >= 4 is 29.1 Å². The minimum atomic E-state index is -0.504. The number of nitrogens with one attached hydrogen (secondary N) is 2. The first kappa shape index (κ1) is 17.8. The first-order valence-corrected chi connectivity index (χ1v) is 7.68. The van der Waals surface area contributed by atoms with Gasteiger partial charge < -0.3 is 15.5 Å². The van der Waals surface area contributed by atoms with Crippen molar-refractivity contribution in [3.63, 3.8) is 0 Å². The molecule has 0 atom stereocenters. The van der Waals surface area contributed by atoms with Gasteiger partial charge in [0.15, 0.2) is 11.4 Å². The standard InChI is InChI=1S/C16H18ClN5O2/c1-18-9-10-22(2)16(24)14-13(19-7-8-20-14)15(23)21-12-5-3-11(17)4-6-12/h3-8,18H,9-10H2,1-2H3,(H,21,23). The lowest BCUT2D eigenvalue weighted by atomic mass is 10.2. The largest absolute Gasteiger partial charge is 0.339 e. The molecule has 0 fully saturated rings. The van der Waals surface area contributed by atoms with Crippen LogP contribution in [0.15, 0.2) is 36.7 Å². The molecule has 2 rings (SSSR count). The number of amides is 2. The van der Waals surface area contributed by atoms with Crippen LogP contribution < -0.4 is 10.6 Å².